The molecule has 2 aliphatic heterocycles. The van der Waals surface area contributed by atoms with Crippen molar-refractivity contribution in [3.8, 4) is 11.5 Å². The second kappa shape index (κ2) is 7.37. The molecular formula is C28H32N2O5. The molecule has 1 saturated heterocycles. The van der Waals surface area contributed by atoms with Gasteiger partial charge in [0.2, 0.25) is 5.91 Å². The standard InChI is InChI=1S/C28H32N2O5/c1-29(23(32)7-4-18-9-13-34-16-18)20-8-10-28(33)22-14-19-5-6-21(31)25-24(19)27(28,26(20)35-25)11-12-30(22)15-17-2-3-17/h4-7,9,13,16-17,20,22,26,31,33H,2-3,8,10-12,14-15H2,1H3/b7-4+/t20-,22?,26+,27+,28-/m1/s1/i1+1D3. The van der Waals surface area contributed by atoms with Gasteiger partial charge in [-0.15, -0.1) is 0 Å². The number of hydrogen-bond donors (Lipinski definition) is 2. The SMILES string of the molecule is [2H][13C]([2H])([2H])N(C(=O)/C=C/c1ccoc1)[C@@H]1CC[C@@]2(O)C3Cc4ccc(O)c5c4[C@@]2(CCN3CC2CC2)[C@H]1O5. The van der Waals surface area contributed by atoms with E-state index in [1.54, 1.807) is 12.1 Å². The van der Waals surface area contributed by atoms with Gasteiger partial charge in [0, 0.05) is 40.9 Å². The number of carbonyl (C=O) groups excluding carboxylic acids is 1. The molecule has 1 aromatic heterocycles. The van der Waals surface area contributed by atoms with E-state index in [0.29, 0.717) is 36.5 Å². The number of aliphatic hydroxyl groups is 1. The van der Waals surface area contributed by atoms with Crippen LogP contribution in [0.5, 0.6) is 11.5 Å². The number of rotatable bonds is 5. The van der Waals surface area contributed by atoms with E-state index in [9.17, 15) is 15.0 Å². The molecule has 2 aromatic rings. The van der Waals surface area contributed by atoms with Crippen LogP contribution in [0, 0.1) is 5.92 Å². The molecule has 1 aromatic carbocycles. The second-order valence-corrected chi connectivity index (χ2v) is 11.0. The van der Waals surface area contributed by atoms with E-state index >= 15 is 0 Å². The van der Waals surface area contributed by atoms with Crippen LogP contribution < -0.4 is 4.74 Å². The number of likely N-dealkylation sites (tertiary alicyclic amines) is 1. The summed E-state index contributed by atoms with van der Waals surface area (Å²) in [7, 11) is 0. The zero-order chi connectivity index (χ0) is 26.4. The van der Waals surface area contributed by atoms with Crippen LogP contribution in [-0.4, -0.2) is 69.8 Å². The van der Waals surface area contributed by atoms with Crippen molar-refractivity contribution < 1.29 is 28.3 Å². The molecule has 1 spiro atoms. The van der Waals surface area contributed by atoms with Crippen LogP contribution in [0.4, 0.5) is 0 Å². The van der Waals surface area contributed by atoms with Gasteiger partial charge in [0.15, 0.2) is 11.5 Å². The average molecular weight is 481 g/mol. The Bertz CT molecular complexity index is 1310. The van der Waals surface area contributed by atoms with Crippen molar-refractivity contribution in [2.45, 2.75) is 67.7 Å². The molecular weight excluding hydrogens is 445 g/mol. The molecule has 7 heteroatoms. The Hall–Kier alpha value is -2.77. The Morgan fingerprint density at radius 2 is 2.20 bits per heavy atom. The third kappa shape index (κ3) is 2.88. The highest BCUT2D eigenvalue weighted by molar-refractivity contribution is 5.91. The number of benzene rings is 1. The van der Waals surface area contributed by atoms with Gasteiger partial charge in [-0.25, -0.2) is 0 Å². The number of nitrogens with zero attached hydrogens (tertiary/aromatic N) is 2. The molecule has 1 amide bonds. The van der Waals surface area contributed by atoms with Crippen LogP contribution in [0.25, 0.3) is 6.08 Å². The topological polar surface area (TPSA) is 86.4 Å². The summed E-state index contributed by atoms with van der Waals surface area (Å²) < 4.78 is 36.5. The second-order valence-electron chi connectivity index (χ2n) is 11.0. The van der Waals surface area contributed by atoms with E-state index in [1.807, 2.05) is 6.07 Å². The van der Waals surface area contributed by atoms with Crippen molar-refractivity contribution in [3.05, 3.63) is 53.5 Å². The number of phenols is 1. The molecule has 35 heavy (non-hydrogen) atoms. The highest BCUT2D eigenvalue weighted by atomic mass is 16.5. The van der Waals surface area contributed by atoms with E-state index in [-0.39, 0.29) is 18.2 Å². The molecule has 184 valence electrons. The molecule has 5 atom stereocenters. The van der Waals surface area contributed by atoms with Gasteiger partial charge in [-0.05, 0) is 74.8 Å². The Morgan fingerprint density at radius 3 is 2.97 bits per heavy atom. The predicted octanol–water partition coefficient (Wildman–Crippen LogP) is 3.09. The van der Waals surface area contributed by atoms with Gasteiger partial charge in [0.25, 0.3) is 0 Å². The molecule has 1 unspecified atom stereocenters. The Morgan fingerprint density at radius 1 is 1.31 bits per heavy atom. The third-order valence-corrected chi connectivity index (χ3v) is 9.26. The van der Waals surface area contributed by atoms with Crippen LogP contribution in [0.3, 0.4) is 0 Å². The first-order valence-electron chi connectivity index (χ1n) is 14.2. The molecule has 2 bridgehead atoms. The van der Waals surface area contributed by atoms with Gasteiger partial charge in [0.05, 0.1) is 29.6 Å². The smallest absolute Gasteiger partial charge is 0.246 e. The van der Waals surface area contributed by atoms with Gasteiger partial charge in [-0.3, -0.25) is 9.69 Å². The van der Waals surface area contributed by atoms with Crippen LogP contribution in [0.15, 0.2) is 41.2 Å². The minimum absolute atomic E-state index is 0.0147. The monoisotopic (exact) mass is 480 g/mol. The highest BCUT2D eigenvalue weighted by Crippen LogP contribution is 2.66. The van der Waals surface area contributed by atoms with Crippen molar-refractivity contribution in [3.63, 3.8) is 0 Å². The lowest BCUT2D eigenvalue weighted by molar-refractivity contribution is -0.200. The van der Waals surface area contributed by atoms with Crippen molar-refractivity contribution in [1.82, 2.24) is 9.80 Å². The molecule has 7 nitrogen and oxygen atoms in total. The minimum atomic E-state index is -2.72. The van der Waals surface area contributed by atoms with Crippen LogP contribution in [0.2, 0.25) is 0 Å². The zero-order valence-corrected chi connectivity index (χ0v) is 19.5. The van der Waals surface area contributed by atoms with Crippen molar-refractivity contribution in [1.29, 1.82) is 0 Å². The van der Waals surface area contributed by atoms with Gasteiger partial charge in [0.1, 0.15) is 6.10 Å². The number of likely N-dealkylation sites (N-methyl/N-ethyl adjacent to an activating group) is 1. The summed E-state index contributed by atoms with van der Waals surface area (Å²) in [5.74, 6) is 0.334. The number of ether oxygens (including phenoxy) is 1. The third-order valence-electron chi connectivity index (χ3n) is 9.26. The number of hydrogen-bond acceptors (Lipinski definition) is 6. The van der Waals surface area contributed by atoms with Gasteiger partial charge in [-0.1, -0.05) is 6.07 Å². The van der Waals surface area contributed by atoms with Crippen molar-refractivity contribution in [2.24, 2.45) is 5.92 Å². The van der Waals surface area contributed by atoms with E-state index in [0.717, 1.165) is 29.1 Å². The molecule has 7 rings (SSSR count). The summed E-state index contributed by atoms with van der Waals surface area (Å²) >= 11 is 0. The maximum Gasteiger partial charge on any atom is 0.246 e. The highest BCUT2D eigenvalue weighted by Gasteiger charge is 2.73. The zero-order valence-electron chi connectivity index (χ0n) is 22.5. The fraction of sp³-hybridized carbons (Fsp3) is 0.536. The fourth-order valence-electron chi connectivity index (χ4n) is 7.50. The van der Waals surface area contributed by atoms with Gasteiger partial charge >= 0.3 is 0 Å². The fourth-order valence-corrected chi connectivity index (χ4v) is 7.50. The number of furan rings is 1. The Labute approximate surface area is 209 Å². The molecule has 0 radical (unpaired) electrons. The lowest BCUT2D eigenvalue weighted by Crippen LogP contribution is -2.78. The lowest BCUT2D eigenvalue weighted by Gasteiger charge is -2.64. The average Bonchev–Trinajstić information content (AvgIpc) is 3.37. The van der Waals surface area contributed by atoms with Crippen molar-refractivity contribution >= 4 is 12.0 Å². The van der Waals surface area contributed by atoms with Crippen LogP contribution in [0.1, 0.15) is 52.9 Å². The molecule has 2 N–H and O–H groups in total. The number of phenolic OH excluding ortho intramolecular Hbond substituents is 1. The van der Waals surface area contributed by atoms with Gasteiger partial charge < -0.3 is 24.3 Å². The molecule has 3 heterocycles. The summed E-state index contributed by atoms with van der Waals surface area (Å²) in [6, 6.07) is 4.30. The van der Waals surface area contributed by atoms with E-state index < -0.39 is 36.0 Å². The van der Waals surface area contributed by atoms with Crippen LogP contribution in [-0.2, 0) is 16.6 Å². The molecule has 3 aliphatic carbocycles. The predicted molar refractivity (Wildman–Crippen MR) is 129 cm³/mol. The number of carbonyl (C=O) groups is 1. The quantitative estimate of drug-likeness (QED) is 0.505. The normalized spacial score (nSPS) is 36.7. The summed E-state index contributed by atoms with van der Waals surface area (Å²) in [4.78, 5) is 16.9. The number of aromatic hydroxyl groups is 1. The molecule has 3 fully saturated rings. The van der Waals surface area contributed by atoms with E-state index in [2.05, 4.69) is 4.90 Å². The molecule has 2 saturated carbocycles. The van der Waals surface area contributed by atoms with E-state index in [1.165, 1.54) is 37.5 Å². The minimum Gasteiger partial charge on any atom is -0.504 e. The number of amides is 1. The Kier molecular flexibility index (Phi) is 3.89. The largest absolute Gasteiger partial charge is 0.504 e. The maximum atomic E-state index is 13.5. The summed E-state index contributed by atoms with van der Waals surface area (Å²) in [6.45, 7) is -1.01. The number of piperidine rings is 1. The van der Waals surface area contributed by atoms with Crippen LogP contribution >= 0.6 is 0 Å². The summed E-state index contributed by atoms with van der Waals surface area (Å²) in [6.07, 6.45) is 9.25. The van der Waals surface area contributed by atoms with E-state index in [4.69, 9.17) is 13.3 Å². The first-order chi connectivity index (χ1) is 18.1. The molecule has 5 aliphatic rings. The first-order valence-corrected chi connectivity index (χ1v) is 12.7. The summed E-state index contributed by atoms with van der Waals surface area (Å²) in [5, 5.41) is 23.4. The Balaban J connectivity index is 1.32. The van der Waals surface area contributed by atoms with Gasteiger partial charge in [-0.2, -0.15) is 0 Å². The lowest BCUT2D eigenvalue weighted by atomic mass is 9.48. The maximum absolute atomic E-state index is 13.5. The summed E-state index contributed by atoms with van der Waals surface area (Å²) in [5.41, 5.74) is 0.438. The first kappa shape index (κ1) is 18.5. The van der Waals surface area contributed by atoms with Crippen molar-refractivity contribution in [2.75, 3.05) is 20.1 Å².